The molecule has 0 aliphatic rings. The van der Waals surface area contributed by atoms with Crippen LogP contribution in [0.15, 0.2) is 42.6 Å². The van der Waals surface area contributed by atoms with E-state index >= 15 is 0 Å². The third-order valence-corrected chi connectivity index (χ3v) is 3.20. The first-order valence-corrected chi connectivity index (χ1v) is 6.99. The molecule has 7 heteroatoms. The van der Waals surface area contributed by atoms with Crippen molar-refractivity contribution in [2.75, 3.05) is 5.32 Å². The normalized spacial score (nSPS) is 11.0. The number of nitrogens with one attached hydrogen (secondary N) is 1. The first-order chi connectivity index (χ1) is 11.1. The standard InChI is InChI=1S/C16H14F2N4O/c1-10-15(22-14-5-3-2-4-13(14)21-10)20-8-11-6-7-12(9-19-11)23-16(17)18/h2-7,9,16H,8H2,1H3,(H,20,22). The number of aromatic nitrogens is 3. The van der Waals surface area contributed by atoms with Crippen molar-refractivity contribution in [3.63, 3.8) is 0 Å². The van der Waals surface area contributed by atoms with Crippen molar-refractivity contribution < 1.29 is 13.5 Å². The maximum absolute atomic E-state index is 12.1. The molecule has 0 saturated heterocycles. The van der Waals surface area contributed by atoms with Gasteiger partial charge in [0, 0.05) is 0 Å². The summed E-state index contributed by atoms with van der Waals surface area (Å²) in [5, 5.41) is 3.16. The van der Waals surface area contributed by atoms with Crippen molar-refractivity contribution in [3.8, 4) is 5.75 Å². The van der Waals surface area contributed by atoms with Gasteiger partial charge < -0.3 is 10.1 Å². The van der Waals surface area contributed by atoms with Gasteiger partial charge in [0.25, 0.3) is 0 Å². The summed E-state index contributed by atoms with van der Waals surface area (Å²) in [7, 11) is 0. The molecule has 3 aromatic rings. The van der Waals surface area contributed by atoms with E-state index in [2.05, 4.69) is 25.0 Å². The van der Waals surface area contributed by atoms with Crippen molar-refractivity contribution in [1.29, 1.82) is 0 Å². The number of halogens is 2. The van der Waals surface area contributed by atoms with Gasteiger partial charge in [-0.2, -0.15) is 8.78 Å². The number of benzene rings is 1. The molecule has 5 nitrogen and oxygen atoms in total. The van der Waals surface area contributed by atoms with Gasteiger partial charge in [-0.1, -0.05) is 12.1 Å². The Morgan fingerprint density at radius 3 is 2.48 bits per heavy atom. The van der Waals surface area contributed by atoms with Gasteiger partial charge in [0.05, 0.1) is 35.2 Å². The van der Waals surface area contributed by atoms with Crippen LogP contribution in [0.1, 0.15) is 11.4 Å². The Kier molecular flexibility index (Phi) is 4.27. The van der Waals surface area contributed by atoms with Crippen LogP contribution in [-0.2, 0) is 6.54 Å². The third kappa shape index (κ3) is 3.68. The second kappa shape index (κ2) is 6.51. The molecule has 0 fully saturated rings. The summed E-state index contributed by atoms with van der Waals surface area (Å²) < 4.78 is 28.4. The number of nitrogens with zero attached hydrogens (tertiary/aromatic N) is 3. The molecular weight excluding hydrogens is 302 g/mol. The lowest BCUT2D eigenvalue weighted by Gasteiger charge is -2.09. The fraction of sp³-hybridized carbons (Fsp3) is 0.188. The van der Waals surface area contributed by atoms with E-state index in [-0.39, 0.29) is 5.75 Å². The summed E-state index contributed by atoms with van der Waals surface area (Å²) >= 11 is 0. The Balaban J connectivity index is 1.71. The Hall–Kier alpha value is -2.83. The average Bonchev–Trinajstić information content (AvgIpc) is 2.54. The number of aryl methyl sites for hydroxylation is 1. The average molecular weight is 316 g/mol. The van der Waals surface area contributed by atoms with E-state index in [1.165, 1.54) is 12.3 Å². The molecule has 0 saturated carbocycles. The fourth-order valence-corrected chi connectivity index (χ4v) is 2.12. The molecule has 1 N–H and O–H groups in total. The summed E-state index contributed by atoms with van der Waals surface area (Å²) in [5.41, 5.74) is 3.10. The van der Waals surface area contributed by atoms with Crippen molar-refractivity contribution in [3.05, 3.63) is 54.0 Å². The lowest BCUT2D eigenvalue weighted by atomic mass is 10.3. The number of hydrogen-bond donors (Lipinski definition) is 1. The molecule has 2 aromatic heterocycles. The van der Waals surface area contributed by atoms with Gasteiger partial charge >= 0.3 is 6.61 Å². The quantitative estimate of drug-likeness (QED) is 0.780. The zero-order chi connectivity index (χ0) is 16.2. The smallest absolute Gasteiger partial charge is 0.387 e. The van der Waals surface area contributed by atoms with E-state index in [1.54, 1.807) is 6.07 Å². The van der Waals surface area contributed by atoms with Gasteiger partial charge in [-0.05, 0) is 31.2 Å². The van der Waals surface area contributed by atoms with Gasteiger partial charge in [0.15, 0.2) is 0 Å². The van der Waals surface area contributed by atoms with E-state index in [0.29, 0.717) is 18.1 Å². The van der Waals surface area contributed by atoms with E-state index in [9.17, 15) is 8.78 Å². The maximum Gasteiger partial charge on any atom is 0.387 e. The minimum absolute atomic E-state index is 0.0328. The molecule has 0 spiro atoms. The molecule has 2 heterocycles. The van der Waals surface area contributed by atoms with Crippen LogP contribution in [0.3, 0.4) is 0 Å². The Bertz CT molecular complexity index is 809. The summed E-state index contributed by atoms with van der Waals surface area (Å²) in [6.07, 6.45) is 1.27. The molecule has 1 aromatic carbocycles. The van der Waals surface area contributed by atoms with Crippen molar-refractivity contribution in [2.24, 2.45) is 0 Å². The zero-order valence-corrected chi connectivity index (χ0v) is 12.3. The molecule has 0 amide bonds. The van der Waals surface area contributed by atoms with E-state index in [0.717, 1.165) is 16.7 Å². The number of rotatable bonds is 5. The van der Waals surface area contributed by atoms with Gasteiger partial charge in [-0.3, -0.25) is 4.98 Å². The van der Waals surface area contributed by atoms with Gasteiger partial charge in [-0.15, -0.1) is 0 Å². The van der Waals surface area contributed by atoms with Crippen molar-refractivity contribution >= 4 is 16.9 Å². The summed E-state index contributed by atoms with van der Waals surface area (Å²) in [6, 6.07) is 10.7. The molecule has 118 valence electrons. The lowest BCUT2D eigenvalue weighted by Crippen LogP contribution is -2.07. The molecule has 0 bridgehead atoms. The summed E-state index contributed by atoms with van der Waals surface area (Å²) in [6.45, 7) is -0.575. The molecular formula is C16H14F2N4O. The molecule has 23 heavy (non-hydrogen) atoms. The van der Waals surface area contributed by atoms with Crippen LogP contribution in [0.25, 0.3) is 11.0 Å². The van der Waals surface area contributed by atoms with Gasteiger partial charge in [-0.25, -0.2) is 9.97 Å². The predicted molar refractivity (Wildman–Crippen MR) is 82.5 cm³/mol. The maximum atomic E-state index is 12.1. The van der Waals surface area contributed by atoms with Crippen LogP contribution in [-0.4, -0.2) is 21.6 Å². The summed E-state index contributed by atoms with van der Waals surface area (Å²) in [4.78, 5) is 13.1. The molecule has 0 aliphatic heterocycles. The summed E-state index contributed by atoms with van der Waals surface area (Å²) in [5.74, 6) is 0.698. The highest BCUT2D eigenvalue weighted by atomic mass is 19.3. The number of hydrogen-bond acceptors (Lipinski definition) is 5. The molecule has 0 aliphatic carbocycles. The number of para-hydroxylation sites is 2. The minimum Gasteiger partial charge on any atom is -0.433 e. The lowest BCUT2D eigenvalue weighted by molar-refractivity contribution is -0.0500. The largest absolute Gasteiger partial charge is 0.433 e. The second-order valence-electron chi connectivity index (χ2n) is 4.86. The number of alkyl halides is 2. The first kappa shape index (κ1) is 15.1. The van der Waals surface area contributed by atoms with Crippen LogP contribution in [0, 0.1) is 6.92 Å². The predicted octanol–water partition coefficient (Wildman–Crippen LogP) is 3.55. The molecule has 0 atom stereocenters. The van der Waals surface area contributed by atoms with Crippen LogP contribution in [0.2, 0.25) is 0 Å². The highest BCUT2D eigenvalue weighted by Gasteiger charge is 2.07. The van der Waals surface area contributed by atoms with E-state index < -0.39 is 6.61 Å². The van der Waals surface area contributed by atoms with Crippen LogP contribution in [0.5, 0.6) is 5.75 Å². The highest BCUT2D eigenvalue weighted by molar-refractivity contribution is 5.76. The van der Waals surface area contributed by atoms with Crippen LogP contribution < -0.4 is 10.1 Å². The van der Waals surface area contributed by atoms with Crippen LogP contribution in [0.4, 0.5) is 14.6 Å². The monoisotopic (exact) mass is 316 g/mol. The highest BCUT2D eigenvalue weighted by Crippen LogP contribution is 2.17. The van der Waals surface area contributed by atoms with Gasteiger partial charge in [0.2, 0.25) is 0 Å². The third-order valence-electron chi connectivity index (χ3n) is 3.20. The minimum atomic E-state index is -2.85. The fourth-order valence-electron chi connectivity index (χ4n) is 2.12. The van der Waals surface area contributed by atoms with Crippen molar-refractivity contribution in [1.82, 2.24) is 15.0 Å². The number of anilines is 1. The number of pyridine rings is 1. The van der Waals surface area contributed by atoms with Gasteiger partial charge in [0.1, 0.15) is 11.6 Å². The number of ether oxygens (including phenoxy) is 1. The molecule has 0 radical (unpaired) electrons. The Morgan fingerprint density at radius 1 is 1.09 bits per heavy atom. The topological polar surface area (TPSA) is 59.9 Å². The van der Waals surface area contributed by atoms with Crippen LogP contribution >= 0.6 is 0 Å². The Labute approximate surface area is 131 Å². The second-order valence-corrected chi connectivity index (χ2v) is 4.86. The van der Waals surface area contributed by atoms with Crippen molar-refractivity contribution in [2.45, 2.75) is 20.1 Å². The first-order valence-electron chi connectivity index (χ1n) is 6.99. The number of fused-ring (bicyclic) bond motifs is 1. The Morgan fingerprint density at radius 2 is 1.83 bits per heavy atom. The molecule has 0 unspecified atom stereocenters. The zero-order valence-electron chi connectivity index (χ0n) is 12.3. The van der Waals surface area contributed by atoms with E-state index in [1.807, 2.05) is 31.2 Å². The molecule has 3 rings (SSSR count). The SMILES string of the molecule is Cc1nc2ccccc2nc1NCc1ccc(OC(F)F)cn1. The van der Waals surface area contributed by atoms with E-state index in [4.69, 9.17) is 0 Å².